The number of benzene rings is 1. The SMILES string of the molecule is CCCNc1cccc(Cn2ncc3ccccc32)n1. The third-order valence-electron chi connectivity index (χ3n) is 3.23. The zero-order chi connectivity index (χ0) is 13.8. The first kappa shape index (κ1) is 12.7. The van der Waals surface area contributed by atoms with E-state index in [9.17, 15) is 0 Å². The van der Waals surface area contributed by atoms with Gasteiger partial charge in [-0.3, -0.25) is 4.68 Å². The predicted octanol–water partition coefficient (Wildman–Crippen LogP) is 3.30. The maximum Gasteiger partial charge on any atom is 0.126 e. The van der Waals surface area contributed by atoms with Crippen LogP contribution in [-0.2, 0) is 6.54 Å². The van der Waals surface area contributed by atoms with Crippen molar-refractivity contribution in [3.05, 3.63) is 54.4 Å². The van der Waals surface area contributed by atoms with Crippen molar-refractivity contribution in [3.8, 4) is 0 Å². The van der Waals surface area contributed by atoms with Crippen LogP contribution in [0.25, 0.3) is 10.9 Å². The number of pyridine rings is 1. The van der Waals surface area contributed by atoms with Crippen LogP contribution in [0, 0.1) is 0 Å². The van der Waals surface area contributed by atoms with Crippen LogP contribution in [0.1, 0.15) is 19.0 Å². The Bertz CT molecular complexity index is 702. The van der Waals surface area contributed by atoms with Crippen LogP contribution >= 0.6 is 0 Å². The van der Waals surface area contributed by atoms with E-state index in [1.807, 2.05) is 41.2 Å². The molecule has 0 spiro atoms. The first-order chi connectivity index (χ1) is 9.86. The second kappa shape index (κ2) is 5.74. The van der Waals surface area contributed by atoms with Gasteiger partial charge in [-0.1, -0.05) is 31.2 Å². The molecule has 102 valence electrons. The Labute approximate surface area is 118 Å². The molecular formula is C16H18N4. The quantitative estimate of drug-likeness (QED) is 0.770. The van der Waals surface area contributed by atoms with E-state index in [-0.39, 0.29) is 0 Å². The summed E-state index contributed by atoms with van der Waals surface area (Å²) < 4.78 is 1.99. The van der Waals surface area contributed by atoms with Gasteiger partial charge in [0, 0.05) is 11.9 Å². The van der Waals surface area contributed by atoms with Crippen molar-refractivity contribution in [1.82, 2.24) is 14.8 Å². The van der Waals surface area contributed by atoms with E-state index in [0.29, 0.717) is 6.54 Å². The number of aromatic nitrogens is 3. The minimum atomic E-state index is 0.690. The normalized spacial score (nSPS) is 10.8. The number of rotatable bonds is 5. The lowest BCUT2D eigenvalue weighted by Gasteiger charge is -2.07. The smallest absolute Gasteiger partial charge is 0.126 e. The second-order valence-electron chi connectivity index (χ2n) is 4.80. The van der Waals surface area contributed by atoms with Gasteiger partial charge in [0.2, 0.25) is 0 Å². The Balaban J connectivity index is 1.83. The fraction of sp³-hybridized carbons (Fsp3) is 0.250. The average molecular weight is 266 g/mol. The highest BCUT2D eigenvalue weighted by atomic mass is 15.3. The molecule has 2 aromatic heterocycles. The molecule has 0 aliphatic heterocycles. The van der Waals surface area contributed by atoms with Gasteiger partial charge < -0.3 is 5.32 Å². The molecule has 0 saturated carbocycles. The number of para-hydroxylation sites is 1. The molecule has 1 N–H and O–H groups in total. The first-order valence-electron chi connectivity index (χ1n) is 6.97. The van der Waals surface area contributed by atoms with E-state index >= 15 is 0 Å². The zero-order valence-corrected chi connectivity index (χ0v) is 11.6. The van der Waals surface area contributed by atoms with Gasteiger partial charge in [-0.05, 0) is 24.6 Å². The second-order valence-corrected chi connectivity index (χ2v) is 4.80. The Morgan fingerprint density at radius 1 is 1.10 bits per heavy atom. The third-order valence-corrected chi connectivity index (χ3v) is 3.23. The highest BCUT2D eigenvalue weighted by molar-refractivity contribution is 5.78. The van der Waals surface area contributed by atoms with Crippen molar-refractivity contribution in [2.75, 3.05) is 11.9 Å². The fourth-order valence-electron chi connectivity index (χ4n) is 2.22. The maximum absolute atomic E-state index is 4.62. The van der Waals surface area contributed by atoms with Crippen molar-refractivity contribution in [1.29, 1.82) is 0 Å². The van der Waals surface area contributed by atoms with Crippen LogP contribution in [0.15, 0.2) is 48.7 Å². The van der Waals surface area contributed by atoms with E-state index < -0.39 is 0 Å². The molecule has 0 aliphatic rings. The molecule has 0 amide bonds. The molecule has 0 atom stereocenters. The zero-order valence-electron chi connectivity index (χ0n) is 11.6. The van der Waals surface area contributed by atoms with Crippen molar-refractivity contribution in [2.45, 2.75) is 19.9 Å². The number of fused-ring (bicyclic) bond motifs is 1. The standard InChI is InChI=1S/C16H18N4/c1-2-10-17-16-9-5-7-14(19-16)12-20-15-8-4-3-6-13(15)11-18-20/h3-9,11H,2,10,12H2,1H3,(H,17,19). The van der Waals surface area contributed by atoms with Gasteiger partial charge in [0.15, 0.2) is 0 Å². The lowest BCUT2D eigenvalue weighted by Crippen LogP contribution is -2.06. The largest absolute Gasteiger partial charge is 0.370 e. The fourth-order valence-corrected chi connectivity index (χ4v) is 2.22. The van der Waals surface area contributed by atoms with E-state index in [2.05, 4.69) is 34.5 Å². The summed E-state index contributed by atoms with van der Waals surface area (Å²) in [5.41, 5.74) is 2.15. The Kier molecular flexibility index (Phi) is 3.63. The molecule has 0 radical (unpaired) electrons. The van der Waals surface area contributed by atoms with Crippen molar-refractivity contribution in [3.63, 3.8) is 0 Å². The summed E-state index contributed by atoms with van der Waals surface area (Å²) in [6, 6.07) is 14.3. The Hall–Kier alpha value is -2.36. The van der Waals surface area contributed by atoms with E-state index in [4.69, 9.17) is 0 Å². The molecule has 0 bridgehead atoms. The van der Waals surface area contributed by atoms with Gasteiger partial charge in [0.05, 0.1) is 24.0 Å². The van der Waals surface area contributed by atoms with Crippen LogP contribution in [0.3, 0.4) is 0 Å². The summed E-state index contributed by atoms with van der Waals surface area (Å²) in [6.45, 7) is 3.78. The molecule has 0 unspecified atom stereocenters. The van der Waals surface area contributed by atoms with Gasteiger partial charge in [0.1, 0.15) is 5.82 Å². The number of nitrogens with zero attached hydrogens (tertiary/aromatic N) is 3. The molecule has 0 saturated heterocycles. The van der Waals surface area contributed by atoms with Gasteiger partial charge in [0.25, 0.3) is 0 Å². The highest BCUT2D eigenvalue weighted by Crippen LogP contribution is 2.14. The molecular weight excluding hydrogens is 248 g/mol. The van der Waals surface area contributed by atoms with Gasteiger partial charge in [-0.25, -0.2) is 4.98 Å². The minimum absolute atomic E-state index is 0.690. The summed E-state index contributed by atoms with van der Waals surface area (Å²) >= 11 is 0. The number of nitrogens with one attached hydrogen (secondary N) is 1. The Morgan fingerprint density at radius 3 is 2.90 bits per heavy atom. The molecule has 0 fully saturated rings. The monoisotopic (exact) mass is 266 g/mol. The molecule has 4 nitrogen and oxygen atoms in total. The molecule has 4 heteroatoms. The molecule has 3 aromatic rings. The van der Waals surface area contributed by atoms with Gasteiger partial charge in [-0.2, -0.15) is 5.10 Å². The van der Waals surface area contributed by atoms with Crippen LogP contribution < -0.4 is 5.32 Å². The predicted molar refractivity (Wildman–Crippen MR) is 81.9 cm³/mol. The summed E-state index contributed by atoms with van der Waals surface area (Å²) in [4.78, 5) is 4.62. The molecule has 20 heavy (non-hydrogen) atoms. The summed E-state index contributed by atoms with van der Waals surface area (Å²) in [5, 5.41) is 8.91. The molecule has 3 rings (SSSR count). The molecule has 1 aromatic carbocycles. The van der Waals surface area contributed by atoms with E-state index in [1.54, 1.807) is 0 Å². The first-order valence-corrected chi connectivity index (χ1v) is 6.97. The summed E-state index contributed by atoms with van der Waals surface area (Å²) in [6.07, 6.45) is 2.99. The van der Waals surface area contributed by atoms with E-state index in [0.717, 1.165) is 35.4 Å². The average Bonchev–Trinajstić information content (AvgIpc) is 2.89. The van der Waals surface area contributed by atoms with Crippen LogP contribution in [0.5, 0.6) is 0 Å². The molecule has 0 aliphatic carbocycles. The lowest BCUT2D eigenvalue weighted by atomic mass is 10.2. The van der Waals surface area contributed by atoms with Crippen molar-refractivity contribution < 1.29 is 0 Å². The van der Waals surface area contributed by atoms with Crippen LogP contribution in [-0.4, -0.2) is 21.3 Å². The minimum Gasteiger partial charge on any atom is -0.370 e. The van der Waals surface area contributed by atoms with E-state index in [1.165, 1.54) is 0 Å². The number of anilines is 1. The highest BCUT2D eigenvalue weighted by Gasteiger charge is 2.04. The maximum atomic E-state index is 4.62. The molecule has 2 heterocycles. The van der Waals surface area contributed by atoms with Gasteiger partial charge in [-0.15, -0.1) is 0 Å². The van der Waals surface area contributed by atoms with Crippen LogP contribution in [0.2, 0.25) is 0 Å². The van der Waals surface area contributed by atoms with Crippen LogP contribution in [0.4, 0.5) is 5.82 Å². The van der Waals surface area contributed by atoms with Crippen molar-refractivity contribution in [2.24, 2.45) is 0 Å². The number of hydrogen-bond acceptors (Lipinski definition) is 3. The summed E-state index contributed by atoms with van der Waals surface area (Å²) in [7, 11) is 0. The number of hydrogen-bond donors (Lipinski definition) is 1. The lowest BCUT2D eigenvalue weighted by molar-refractivity contribution is 0.697. The summed E-state index contributed by atoms with van der Waals surface area (Å²) in [5.74, 6) is 0.931. The van der Waals surface area contributed by atoms with Gasteiger partial charge >= 0.3 is 0 Å². The van der Waals surface area contributed by atoms with Crippen molar-refractivity contribution >= 4 is 16.7 Å². The topological polar surface area (TPSA) is 42.7 Å². The third kappa shape index (κ3) is 2.64. The Morgan fingerprint density at radius 2 is 2.00 bits per heavy atom.